The van der Waals surface area contributed by atoms with E-state index in [1.807, 2.05) is 19.9 Å². The van der Waals surface area contributed by atoms with Gasteiger partial charge in [0.1, 0.15) is 11.1 Å². The number of esters is 1. The number of rotatable bonds is 5. The third-order valence-electron chi connectivity index (χ3n) is 3.80. The van der Waals surface area contributed by atoms with Crippen molar-refractivity contribution in [2.75, 3.05) is 24.8 Å². The van der Waals surface area contributed by atoms with Crippen molar-refractivity contribution in [1.29, 1.82) is 5.26 Å². The van der Waals surface area contributed by atoms with Crippen molar-refractivity contribution in [2.24, 2.45) is 0 Å². The van der Waals surface area contributed by atoms with E-state index < -0.39 is 5.97 Å². The number of nitriles is 1. The lowest BCUT2D eigenvalue weighted by atomic mass is 10.1. The SMILES string of the molecule is COC(=O)c1ccccc1N(C)C(=O)CSc1nc(C)cc(C)c1C#N. The normalized spacial score (nSPS) is 10.1. The molecule has 0 fully saturated rings. The molecule has 134 valence electrons. The van der Waals surface area contributed by atoms with E-state index in [4.69, 9.17) is 4.74 Å². The second-order valence-electron chi connectivity index (χ2n) is 5.62. The molecule has 1 amide bonds. The highest BCUT2D eigenvalue weighted by atomic mass is 32.2. The lowest BCUT2D eigenvalue weighted by molar-refractivity contribution is -0.115. The molecule has 1 heterocycles. The number of ether oxygens (including phenoxy) is 1. The van der Waals surface area contributed by atoms with Crippen LogP contribution in [0.2, 0.25) is 0 Å². The Balaban J connectivity index is 2.20. The highest BCUT2D eigenvalue weighted by Crippen LogP contribution is 2.25. The van der Waals surface area contributed by atoms with Crippen LogP contribution in [0.5, 0.6) is 0 Å². The van der Waals surface area contributed by atoms with E-state index in [1.54, 1.807) is 31.3 Å². The van der Waals surface area contributed by atoms with Gasteiger partial charge < -0.3 is 9.64 Å². The zero-order chi connectivity index (χ0) is 19.3. The summed E-state index contributed by atoms with van der Waals surface area (Å²) < 4.78 is 4.76. The number of carbonyl (C=O) groups excluding carboxylic acids is 2. The van der Waals surface area contributed by atoms with Crippen LogP contribution in [0.1, 0.15) is 27.2 Å². The first-order valence-electron chi connectivity index (χ1n) is 7.84. The van der Waals surface area contributed by atoms with Gasteiger partial charge in [-0.1, -0.05) is 23.9 Å². The number of aryl methyl sites for hydroxylation is 2. The Morgan fingerprint density at radius 2 is 2.00 bits per heavy atom. The van der Waals surface area contributed by atoms with Crippen LogP contribution in [0.25, 0.3) is 0 Å². The monoisotopic (exact) mass is 369 g/mol. The van der Waals surface area contributed by atoms with Crippen molar-refractivity contribution < 1.29 is 14.3 Å². The number of para-hydroxylation sites is 1. The predicted octanol–water partition coefficient (Wildman–Crippen LogP) is 3.11. The fourth-order valence-corrected chi connectivity index (χ4v) is 3.47. The van der Waals surface area contributed by atoms with Gasteiger partial charge >= 0.3 is 5.97 Å². The van der Waals surface area contributed by atoms with E-state index in [0.29, 0.717) is 21.8 Å². The number of pyridine rings is 1. The van der Waals surface area contributed by atoms with Gasteiger partial charge in [-0.2, -0.15) is 5.26 Å². The maximum Gasteiger partial charge on any atom is 0.339 e. The molecule has 0 aliphatic carbocycles. The molecule has 26 heavy (non-hydrogen) atoms. The molecule has 0 bridgehead atoms. The second-order valence-corrected chi connectivity index (χ2v) is 6.59. The quantitative estimate of drug-likeness (QED) is 0.595. The second kappa shape index (κ2) is 8.50. The molecular weight excluding hydrogens is 350 g/mol. The fourth-order valence-electron chi connectivity index (χ4n) is 2.45. The Labute approximate surface area is 156 Å². The van der Waals surface area contributed by atoms with Crippen LogP contribution in [0.15, 0.2) is 35.4 Å². The molecule has 0 aliphatic rings. The molecule has 6 nitrogen and oxygen atoms in total. The van der Waals surface area contributed by atoms with E-state index in [9.17, 15) is 14.9 Å². The number of hydrogen-bond acceptors (Lipinski definition) is 6. The summed E-state index contributed by atoms with van der Waals surface area (Å²) in [7, 11) is 2.90. The summed E-state index contributed by atoms with van der Waals surface area (Å²) in [5, 5.41) is 9.85. The predicted molar refractivity (Wildman–Crippen MR) is 100 cm³/mol. The molecule has 0 unspecified atom stereocenters. The Bertz CT molecular complexity index is 890. The number of methoxy groups -OCH3 is 1. The highest BCUT2D eigenvalue weighted by molar-refractivity contribution is 8.00. The number of aromatic nitrogens is 1. The largest absolute Gasteiger partial charge is 0.465 e. The molecule has 2 aromatic rings. The standard InChI is InChI=1S/C19H19N3O3S/c1-12-9-13(2)21-18(15(12)10-20)26-11-17(23)22(3)16-8-6-5-7-14(16)19(24)25-4/h5-9H,11H2,1-4H3. The van der Waals surface area contributed by atoms with Crippen molar-refractivity contribution >= 4 is 29.3 Å². The number of thioether (sulfide) groups is 1. The number of hydrogen-bond donors (Lipinski definition) is 0. The van der Waals surface area contributed by atoms with Crippen molar-refractivity contribution in [3.63, 3.8) is 0 Å². The first-order valence-corrected chi connectivity index (χ1v) is 8.82. The number of nitrogens with zero attached hydrogens (tertiary/aromatic N) is 3. The summed E-state index contributed by atoms with van der Waals surface area (Å²) in [6, 6.07) is 10.7. The van der Waals surface area contributed by atoms with Gasteiger partial charge in [-0.25, -0.2) is 9.78 Å². The van der Waals surface area contributed by atoms with Crippen LogP contribution in [0, 0.1) is 25.2 Å². The van der Waals surface area contributed by atoms with E-state index in [0.717, 1.165) is 11.3 Å². The minimum absolute atomic E-state index is 0.0938. The highest BCUT2D eigenvalue weighted by Gasteiger charge is 2.20. The molecule has 0 aliphatic heterocycles. The van der Waals surface area contributed by atoms with Gasteiger partial charge in [0, 0.05) is 12.7 Å². The van der Waals surface area contributed by atoms with Crippen LogP contribution >= 0.6 is 11.8 Å². The Hall–Kier alpha value is -2.85. The number of amides is 1. The maximum absolute atomic E-state index is 12.6. The van der Waals surface area contributed by atoms with Crippen LogP contribution < -0.4 is 4.90 Å². The Morgan fingerprint density at radius 1 is 1.31 bits per heavy atom. The van der Waals surface area contributed by atoms with Gasteiger partial charge in [0.2, 0.25) is 5.91 Å². The van der Waals surface area contributed by atoms with Gasteiger partial charge in [-0.15, -0.1) is 0 Å². The molecule has 1 aromatic carbocycles. The molecule has 0 N–H and O–H groups in total. The molecule has 1 aromatic heterocycles. The first-order chi connectivity index (χ1) is 12.4. The van der Waals surface area contributed by atoms with Gasteiger partial charge in [0.05, 0.1) is 29.7 Å². The minimum Gasteiger partial charge on any atom is -0.465 e. The van der Waals surface area contributed by atoms with Crippen LogP contribution in [0.3, 0.4) is 0 Å². The summed E-state index contributed by atoms with van der Waals surface area (Å²) in [5.74, 6) is -0.622. The van der Waals surface area contributed by atoms with E-state index in [1.165, 1.54) is 23.8 Å². The van der Waals surface area contributed by atoms with Crippen molar-refractivity contribution in [1.82, 2.24) is 4.98 Å². The van der Waals surface area contributed by atoms with Gasteiger partial charge in [0.25, 0.3) is 0 Å². The molecule has 2 rings (SSSR count). The van der Waals surface area contributed by atoms with Gasteiger partial charge in [-0.3, -0.25) is 4.79 Å². The van der Waals surface area contributed by atoms with Gasteiger partial charge in [-0.05, 0) is 37.6 Å². The molecule has 7 heteroatoms. The average molecular weight is 369 g/mol. The summed E-state index contributed by atoms with van der Waals surface area (Å²) >= 11 is 1.21. The zero-order valence-electron chi connectivity index (χ0n) is 15.1. The smallest absolute Gasteiger partial charge is 0.339 e. The zero-order valence-corrected chi connectivity index (χ0v) is 15.9. The summed E-state index contributed by atoms with van der Waals surface area (Å²) in [4.78, 5) is 30.3. The number of anilines is 1. The topological polar surface area (TPSA) is 83.3 Å². The molecule has 0 spiro atoms. The molecule has 0 saturated carbocycles. The van der Waals surface area contributed by atoms with Gasteiger partial charge in [0.15, 0.2) is 0 Å². The van der Waals surface area contributed by atoms with Crippen LogP contribution in [0.4, 0.5) is 5.69 Å². The molecular formula is C19H19N3O3S. The maximum atomic E-state index is 12.6. The lowest BCUT2D eigenvalue weighted by Crippen LogP contribution is -2.29. The van der Waals surface area contributed by atoms with Crippen LogP contribution in [-0.2, 0) is 9.53 Å². The van der Waals surface area contributed by atoms with Crippen molar-refractivity contribution in [3.8, 4) is 6.07 Å². The average Bonchev–Trinajstić information content (AvgIpc) is 2.64. The Morgan fingerprint density at radius 3 is 2.65 bits per heavy atom. The van der Waals surface area contributed by atoms with E-state index in [2.05, 4.69) is 11.1 Å². The van der Waals surface area contributed by atoms with Crippen LogP contribution in [-0.4, -0.2) is 36.8 Å². The molecule has 0 atom stereocenters. The lowest BCUT2D eigenvalue weighted by Gasteiger charge is -2.19. The third-order valence-corrected chi connectivity index (χ3v) is 4.76. The van der Waals surface area contributed by atoms with E-state index in [-0.39, 0.29) is 11.7 Å². The molecule has 0 saturated heterocycles. The fraction of sp³-hybridized carbons (Fsp3) is 0.263. The minimum atomic E-state index is -0.504. The van der Waals surface area contributed by atoms with Crippen molar-refractivity contribution in [2.45, 2.75) is 18.9 Å². The van der Waals surface area contributed by atoms with E-state index >= 15 is 0 Å². The Kier molecular flexibility index (Phi) is 6.36. The summed E-state index contributed by atoms with van der Waals surface area (Å²) in [5.41, 5.74) is 2.89. The molecule has 0 radical (unpaired) electrons. The summed E-state index contributed by atoms with van der Waals surface area (Å²) in [6.07, 6.45) is 0. The third kappa shape index (κ3) is 4.21. The van der Waals surface area contributed by atoms with Crippen molar-refractivity contribution in [3.05, 3.63) is 52.7 Å². The first kappa shape index (κ1) is 19.5. The number of carbonyl (C=O) groups is 2. The number of benzene rings is 1. The summed E-state index contributed by atoms with van der Waals surface area (Å²) in [6.45, 7) is 3.69.